The summed E-state index contributed by atoms with van der Waals surface area (Å²) in [6.07, 6.45) is 4.21. The summed E-state index contributed by atoms with van der Waals surface area (Å²) in [5.41, 5.74) is 7.61. The standard InChI is InChI=1S/C13H23N3/c1-10(2)6-5-7-16(4)13-8-11(3)12(14)9-15-13/h8-10H,5-7,14H2,1-4H3. The number of nitrogens with two attached hydrogens (primary N) is 1. The third kappa shape index (κ3) is 3.72. The fourth-order valence-electron chi connectivity index (χ4n) is 1.61. The zero-order valence-electron chi connectivity index (χ0n) is 10.8. The van der Waals surface area contributed by atoms with Gasteiger partial charge in [0.2, 0.25) is 0 Å². The van der Waals surface area contributed by atoms with Gasteiger partial charge in [-0.05, 0) is 37.3 Å². The Morgan fingerprint density at radius 2 is 2.12 bits per heavy atom. The van der Waals surface area contributed by atoms with Gasteiger partial charge in [-0.25, -0.2) is 4.98 Å². The third-order valence-corrected chi connectivity index (χ3v) is 2.80. The zero-order valence-corrected chi connectivity index (χ0v) is 10.8. The lowest BCUT2D eigenvalue weighted by atomic mass is 10.1. The first kappa shape index (κ1) is 12.8. The number of hydrogen-bond acceptors (Lipinski definition) is 3. The molecule has 90 valence electrons. The molecule has 0 aliphatic carbocycles. The van der Waals surface area contributed by atoms with Crippen molar-refractivity contribution < 1.29 is 0 Å². The lowest BCUT2D eigenvalue weighted by Crippen LogP contribution is -2.20. The van der Waals surface area contributed by atoms with Crippen molar-refractivity contribution in [3.63, 3.8) is 0 Å². The van der Waals surface area contributed by atoms with Gasteiger partial charge in [-0.3, -0.25) is 0 Å². The highest BCUT2D eigenvalue weighted by Gasteiger charge is 2.04. The van der Waals surface area contributed by atoms with Crippen LogP contribution in [0.5, 0.6) is 0 Å². The van der Waals surface area contributed by atoms with Crippen LogP contribution in [0.1, 0.15) is 32.3 Å². The maximum Gasteiger partial charge on any atom is 0.128 e. The number of nitrogens with zero attached hydrogens (tertiary/aromatic N) is 2. The molecule has 1 heterocycles. The van der Waals surface area contributed by atoms with Gasteiger partial charge in [0.05, 0.1) is 11.9 Å². The van der Waals surface area contributed by atoms with Gasteiger partial charge in [0.25, 0.3) is 0 Å². The second kappa shape index (κ2) is 5.73. The average Bonchev–Trinajstić information content (AvgIpc) is 2.21. The van der Waals surface area contributed by atoms with Crippen LogP contribution in [0.4, 0.5) is 11.5 Å². The summed E-state index contributed by atoms with van der Waals surface area (Å²) in [5.74, 6) is 1.78. The van der Waals surface area contributed by atoms with E-state index in [0.717, 1.165) is 29.5 Å². The van der Waals surface area contributed by atoms with Crippen LogP contribution in [-0.4, -0.2) is 18.6 Å². The molecule has 3 heteroatoms. The summed E-state index contributed by atoms with van der Waals surface area (Å²) in [6, 6.07) is 2.05. The predicted molar refractivity (Wildman–Crippen MR) is 70.7 cm³/mol. The van der Waals surface area contributed by atoms with E-state index in [1.807, 2.05) is 13.0 Å². The molecule has 0 radical (unpaired) electrons. The van der Waals surface area contributed by atoms with E-state index in [1.54, 1.807) is 6.20 Å². The first-order valence-corrected chi connectivity index (χ1v) is 5.94. The maximum absolute atomic E-state index is 5.75. The van der Waals surface area contributed by atoms with Gasteiger partial charge in [-0.1, -0.05) is 13.8 Å². The molecule has 0 saturated carbocycles. The average molecular weight is 221 g/mol. The summed E-state index contributed by atoms with van der Waals surface area (Å²) < 4.78 is 0. The van der Waals surface area contributed by atoms with Crippen molar-refractivity contribution in [1.82, 2.24) is 4.98 Å². The lowest BCUT2D eigenvalue weighted by molar-refractivity contribution is 0.555. The van der Waals surface area contributed by atoms with Crippen LogP contribution in [0.2, 0.25) is 0 Å². The Kier molecular flexibility index (Phi) is 4.59. The van der Waals surface area contributed by atoms with E-state index in [4.69, 9.17) is 5.73 Å². The van der Waals surface area contributed by atoms with Crippen molar-refractivity contribution in [3.05, 3.63) is 17.8 Å². The van der Waals surface area contributed by atoms with E-state index >= 15 is 0 Å². The molecule has 16 heavy (non-hydrogen) atoms. The topological polar surface area (TPSA) is 42.2 Å². The van der Waals surface area contributed by atoms with Gasteiger partial charge in [0.15, 0.2) is 0 Å². The first-order chi connectivity index (χ1) is 7.50. The fraction of sp³-hybridized carbons (Fsp3) is 0.615. The highest BCUT2D eigenvalue weighted by Crippen LogP contribution is 2.16. The van der Waals surface area contributed by atoms with E-state index in [1.165, 1.54) is 12.8 Å². The molecule has 0 amide bonds. The van der Waals surface area contributed by atoms with Crippen molar-refractivity contribution >= 4 is 11.5 Å². The van der Waals surface area contributed by atoms with E-state index in [0.29, 0.717) is 0 Å². The maximum atomic E-state index is 5.75. The number of aromatic nitrogens is 1. The van der Waals surface area contributed by atoms with Crippen LogP contribution in [0.15, 0.2) is 12.3 Å². The summed E-state index contributed by atoms with van der Waals surface area (Å²) in [4.78, 5) is 6.53. The predicted octanol–water partition coefficient (Wildman–Crippen LogP) is 2.84. The zero-order chi connectivity index (χ0) is 12.1. The quantitative estimate of drug-likeness (QED) is 0.831. The Balaban J connectivity index is 2.52. The van der Waals surface area contributed by atoms with Crippen molar-refractivity contribution in [2.75, 3.05) is 24.2 Å². The van der Waals surface area contributed by atoms with Gasteiger partial charge < -0.3 is 10.6 Å². The highest BCUT2D eigenvalue weighted by atomic mass is 15.2. The van der Waals surface area contributed by atoms with Crippen molar-refractivity contribution in [1.29, 1.82) is 0 Å². The van der Waals surface area contributed by atoms with Gasteiger partial charge in [0.1, 0.15) is 5.82 Å². The van der Waals surface area contributed by atoms with Crippen LogP contribution < -0.4 is 10.6 Å². The molecule has 3 nitrogen and oxygen atoms in total. The molecule has 0 spiro atoms. The molecule has 0 aliphatic rings. The van der Waals surface area contributed by atoms with E-state index in [9.17, 15) is 0 Å². The van der Waals surface area contributed by atoms with Gasteiger partial charge in [-0.15, -0.1) is 0 Å². The summed E-state index contributed by atoms with van der Waals surface area (Å²) in [6.45, 7) is 7.58. The minimum absolute atomic E-state index is 0.763. The molecular weight excluding hydrogens is 198 g/mol. The van der Waals surface area contributed by atoms with E-state index in [2.05, 4.69) is 30.8 Å². The minimum atomic E-state index is 0.763. The summed E-state index contributed by atoms with van der Waals surface area (Å²) in [7, 11) is 2.08. The second-order valence-electron chi connectivity index (χ2n) is 4.86. The van der Waals surface area contributed by atoms with Crippen LogP contribution >= 0.6 is 0 Å². The van der Waals surface area contributed by atoms with Crippen molar-refractivity contribution in [2.24, 2.45) is 5.92 Å². The number of rotatable bonds is 5. The molecule has 0 bridgehead atoms. The number of pyridine rings is 1. The summed E-state index contributed by atoms with van der Waals surface area (Å²) >= 11 is 0. The molecule has 1 rings (SSSR count). The molecule has 1 aromatic rings. The SMILES string of the molecule is Cc1cc(N(C)CCCC(C)C)ncc1N. The number of nitrogen functional groups attached to an aromatic ring is 1. The van der Waals surface area contributed by atoms with Crippen molar-refractivity contribution in [2.45, 2.75) is 33.6 Å². The van der Waals surface area contributed by atoms with Gasteiger partial charge >= 0.3 is 0 Å². The van der Waals surface area contributed by atoms with Crippen LogP contribution in [0.25, 0.3) is 0 Å². The fourth-order valence-corrected chi connectivity index (χ4v) is 1.61. The van der Waals surface area contributed by atoms with Gasteiger partial charge in [-0.2, -0.15) is 0 Å². The smallest absolute Gasteiger partial charge is 0.128 e. The molecule has 1 aromatic heterocycles. The Hall–Kier alpha value is -1.25. The molecule has 0 unspecified atom stereocenters. The molecule has 0 saturated heterocycles. The molecule has 2 N–H and O–H groups in total. The van der Waals surface area contributed by atoms with Crippen LogP contribution in [-0.2, 0) is 0 Å². The Morgan fingerprint density at radius 1 is 1.44 bits per heavy atom. The molecular formula is C13H23N3. The second-order valence-corrected chi connectivity index (χ2v) is 4.86. The molecule has 0 aromatic carbocycles. The van der Waals surface area contributed by atoms with E-state index < -0.39 is 0 Å². The monoisotopic (exact) mass is 221 g/mol. The Labute approximate surface area is 98.7 Å². The van der Waals surface area contributed by atoms with Crippen LogP contribution in [0, 0.1) is 12.8 Å². The molecule has 0 fully saturated rings. The van der Waals surface area contributed by atoms with E-state index in [-0.39, 0.29) is 0 Å². The number of hydrogen-bond donors (Lipinski definition) is 1. The highest BCUT2D eigenvalue weighted by molar-refractivity contribution is 5.51. The van der Waals surface area contributed by atoms with Crippen molar-refractivity contribution in [3.8, 4) is 0 Å². The van der Waals surface area contributed by atoms with Crippen LogP contribution in [0.3, 0.4) is 0 Å². The Morgan fingerprint density at radius 3 is 2.69 bits per heavy atom. The molecule has 0 atom stereocenters. The lowest BCUT2D eigenvalue weighted by Gasteiger charge is -2.19. The third-order valence-electron chi connectivity index (χ3n) is 2.80. The minimum Gasteiger partial charge on any atom is -0.397 e. The number of anilines is 2. The van der Waals surface area contributed by atoms with Gasteiger partial charge in [0, 0.05) is 13.6 Å². The Bertz CT molecular complexity index is 334. The summed E-state index contributed by atoms with van der Waals surface area (Å²) in [5, 5.41) is 0. The molecule has 0 aliphatic heterocycles. The number of aryl methyl sites for hydroxylation is 1. The largest absolute Gasteiger partial charge is 0.397 e. The normalized spacial score (nSPS) is 10.8. The first-order valence-electron chi connectivity index (χ1n) is 5.94.